The maximum atomic E-state index is 9.83. The molecule has 1 atom stereocenters. The fraction of sp³-hybridized carbons (Fsp3) is 0.222. The Hall–Kier alpha value is -2.46. The van der Waals surface area contributed by atoms with Crippen LogP contribution in [0.15, 0.2) is 54.6 Å². The van der Waals surface area contributed by atoms with E-state index < -0.39 is 0 Å². The zero-order chi connectivity index (χ0) is 14.9. The minimum atomic E-state index is -0.270. The zero-order valence-electron chi connectivity index (χ0n) is 12.2. The molecule has 22 heavy (non-hydrogen) atoms. The lowest BCUT2D eigenvalue weighted by Crippen LogP contribution is -2.22. The molecule has 4 rings (SSSR count). The highest BCUT2D eigenvalue weighted by Crippen LogP contribution is 2.29. The first-order valence-electron chi connectivity index (χ1n) is 7.56. The van der Waals surface area contributed by atoms with E-state index in [1.54, 1.807) is 0 Å². The van der Waals surface area contributed by atoms with Crippen LogP contribution in [0.25, 0.3) is 22.3 Å². The van der Waals surface area contributed by atoms with Crippen LogP contribution < -0.4 is 4.90 Å². The van der Waals surface area contributed by atoms with Gasteiger partial charge in [0.05, 0.1) is 11.6 Å². The number of anilines is 1. The Morgan fingerprint density at radius 2 is 1.73 bits per heavy atom. The van der Waals surface area contributed by atoms with Gasteiger partial charge in [0.15, 0.2) is 5.82 Å². The van der Waals surface area contributed by atoms with Gasteiger partial charge in [-0.05, 0) is 18.6 Å². The van der Waals surface area contributed by atoms with Crippen LogP contribution >= 0.6 is 0 Å². The maximum absolute atomic E-state index is 9.83. The van der Waals surface area contributed by atoms with E-state index in [1.165, 1.54) is 0 Å². The fourth-order valence-electron chi connectivity index (χ4n) is 2.95. The summed E-state index contributed by atoms with van der Waals surface area (Å²) < 4.78 is 0. The van der Waals surface area contributed by atoms with Gasteiger partial charge in [0.1, 0.15) is 5.82 Å². The Labute approximate surface area is 129 Å². The van der Waals surface area contributed by atoms with E-state index in [-0.39, 0.29) is 6.10 Å². The van der Waals surface area contributed by atoms with Crippen LogP contribution in [-0.2, 0) is 0 Å². The number of para-hydroxylation sites is 1. The van der Waals surface area contributed by atoms with Crippen molar-refractivity contribution in [2.24, 2.45) is 0 Å². The highest BCUT2D eigenvalue weighted by molar-refractivity contribution is 5.91. The van der Waals surface area contributed by atoms with Crippen LogP contribution in [0.5, 0.6) is 0 Å². The number of fused-ring (bicyclic) bond motifs is 1. The fourth-order valence-corrected chi connectivity index (χ4v) is 2.95. The molecule has 0 bridgehead atoms. The first-order valence-corrected chi connectivity index (χ1v) is 7.56. The van der Waals surface area contributed by atoms with E-state index in [1.807, 2.05) is 54.6 Å². The number of nitrogens with zero attached hydrogens (tertiary/aromatic N) is 3. The molecule has 4 heteroatoms. The molecule has 110 valence electrons. The molecule has 0 spiro atoms. The van der Waals surface area contributed by atoms with Crippen molar-refractivity contribution >= 4 is 16.7 Å². The number of aliphatic hydroxyl groups excluding tert-OH is 1. The predicted octanol–water partition coefficient (Wildman–Crippen LogP) is 2.87. The number of aliphatic hydroxyl groups is 1. The van der Waals surface area contributed by atoms with Gasteiger partial charge in [-0.25, -0.2) is 9.97 Å². The molecule has 0 saturated carbocycles. The van der Waals surface area contributed by atoms with Crippen molar-refractivity contribution in [2.45, 2.75) is 12.5 Å². The Morgan fingerprint density at radius 1 is 0.955 bits per heavy atom. The SMILES string of the molecule is OC1CCN(c2nc(-c3ccccc3)nc3ccccc23)C1. The number of rotatable bonds is 2. The Bertz CT molecular complexity index is 804. The monoisotopic (exact) mass is 291 g/mol. The highest BCUT2D eigenvalue weighted by atomic mass is 16.3. The quantitative estimate of drug-likeness (QED) is 0.789. The van der Waals surface area contributed by atoms with Crippen molar-refractivity contribution in [1.82, 2.24) is 9.97 Å². The molecule has 0 radical (unpaired) electrons. The summed E-state index contributed by atoms with van der Waals surface area (Å²) in [6.45, 7) is 1.46. The number of hydrogen-bond donors (Lipinski definition) is 1. The van der Waals surface area contributed by atoms with Crippen LogP contribution in [0.3, 0.4) is 0 Å². The van der Waals surface area contributed by atoms with Crippen LogP contribution in [0, 0.1) is 0 Å². The number of benzene rings is 2. The molecule has 1 saturated heterocycles. The van der Waals surface area contributed by atoms with E-state index in [0.717, 1.165) is 41.1 Å². The van der Waals surface area contributed by atoms with Gasteiger partial charge in [-0.15, -0.1) is 0 Å². The summed E-state index contributed by atoms with van der Waals surface area (Å²) in [6.07, 6.45) is 0.521. The molecule has 4 nitrogen and oxygen atoms in total. The maximum Gasteiger partial charge on any atom is 0.162 e. The highest BCUT2D eigenvalue weighted by Gasteiger charge is 2.23. The molecule has 2 heterocycles. The summed E-state index contributed by atoms with van der Waals surface area (Å²) >= 11 is 0. The molecule has 2 aromatic carbocycles. The summed E-state index contributed by atoms with van der Waals surface area (Å²) in [5.41, 5.74) is 1.95. The van der Waals surface area contributed by atoms with Gasteiger partial charge in [-0.2, -0.15) is 0 Å². The first kappa shape index (κ1) is 13.2. The van der Waals surface area contributed by atoms with Gasteiger partial charge < -0.3 is 10.0 Å². The Balaban J connectivity index is 1.90. The zero-order valence-corrected chi connectivity index (χ0v) is 12.2. The van der Waals surface area contributed by atoms with Crippen molar-refractivity contribution in [3.63, 3.8) is 0 Å². The van der Waals surface area contributed by atoms with Crippen molar-refractivity contribution in [3.05, 3.63) is 54.6 Å². The second kappa shape index (κ2) is 5.39. The summed E-state index contributed by atoms with van der Waals surface area (Å²) in [5, 5.41) is 10.9. The molecule has 1 unspecified atom stereocenters. The summed E-state index contributed by atoms with van der Waals surface area (Å²) in [6, 6.07) is 18.1. The van der Waals surface area contributed by atoms with Crippen molar-refractivity contribution in [2.75, 3.05) is 18.0 Å². The van der Waals surface area contributed by atoms with Gasteiger partial charge in [0, 0.05) is 24.0 Å². The summed E-state index contributed by atoms with van der Waals surface area (Å²) in [7, 11) is 0. The van der Waals surface area contributed by atoms with Crippen LogP contribution in [0.4, 0.5) is 5.82 Å². The lowest BCUT2D eigenvalue weighted by molar-refractivity contribution is 0.198. The Morgan fingerprint density at radius 3 is 2.50 bits per heavy atom. The normalized spacial score (nSPS) is 18.0. The van der Waals surface area contributed by atoms with Crippen LogP contribution in [0.2, 0.25) is 0 Å². The number of β-amino-alcohol motifs (C(OH)–C–C–N with tert-alkyl or cyclic N) is 1. The lowest BCUT2D eigenvalue weighted by atomic mass is 10.2. The third-order valence-electron chi connectivity index (χ3n) is 4.08. The minimum Gasteiger partial charge on any atom is -0.391 e. The van der Waals surface area contributed by atoms with Crippen molar-refractivity contribution in [3.8, 4) is 11.4 Å². The van der Waals surface area contributed by atoms with Gasteiger partial charge >= 0.3 is 0 Å². The number of hydrogen-bond acceptors (Lipinski definition) is 4. The molecule has 1 aromatic heterocycles. The van der Waals surface area contributed by atoms with Gasteiger partial charge in [-0.3, -0.25) is 0 Å². The van der Waals surface area contributed by atoms with E-state index in [0.29, 0.717) is 6.54 Å². The topological polar surface area (TPSA) is 49.2 Å². The average Bonchev–Trinajstić information content (AvgIpc) is 3.01. The van der Waals surface area contributed by atoms with Crippen LogP contribution in [-0.4, -0.2) is 34.3 Å². The smallest absolute Gasteiger partial charge is 0.162 e. The first-order chi connectivity index (χ1) is 10.8. The molecule has 1 fully saturated rings. The molecule has 3 aromatic rings. The second-order valence-electron chi connectivity index (χ2n) is 5.64. The Kier molecular flexibility index (Phi) is 3.24. The lowest BCUT2D eigenvalue weighted by Gasteiger charge is -2.19. The molecule has 0 amide bonds. The summed E-state index contributed by atoms with van der Waals surface area (Å²) in [5.74, 6) is 1.65. The standard InChI is InChI=1S/C18H17N3O/c22-14-10-11-21(12-14)18-15-8-4-5-9-16(15)19-17(20-18)13-6-2-1-3-7-13/h1-9,14,22H,10-12H2. The third kappa shape index (κ3) is 2.31. The van der Waals surface area contributed by atoms with E-state index in [2.05, 4.69) is 4.90 Å². The predicted molar refractivity (Wildman–Crippen MR) is 87.8 cm³/mol. The van der Waals surface area contributed by atoms with E-state index in [4.69, 9.17) is 9.97 Å². The van der Waals surface area contributed by atoms with E-state index in [9.17, 15) is 5.11 Å². The largest absolute Gasteiger partial charge is 0.391 e. The van der Waals surface area contributed by atoms with Gasteiger partial charge in [0.25, 0.3) is 0 Å². The molecule has 0 aliphatic carbocycles. The van der Waals surface area contributed by atoms with Crippen molar-refractivity contribution < 1.29 is 5.11 Å². The third-order valence-corrected chi connectivity index (χ3v) is 4.08. The average molecular weight is 291 g/mol. The molecule has 1 aliphatic heterocycles. The van der Waals surface area contributed by atoms with Gasteiger partial charge in [0.2, 0.25) is 0 Å². The number of aromatic nitrogens is 2. The summed E-state index contributed by atoms with van der Waals surface area (Å²) in [4.78, 5) is 11.6. The minimum absolute atomic E-state index is 0.270. The molecule has 1 N–H and O–H groups in total. The van der Waals surface area contributed by atoms with Crippen molar-refractivity contribution in [1.29, 1.82) is 0 Å². The molecular formula is C18H17N3O. The molecular weight excluding hydrogens is 274 g/mol. The van der Waals surface area contributed by atoms with E-state index >= 15 is 0 Å². The van der Waals surface area contributed by atoms with Gasteiger partial charge in [-0.1, -0.05) is 42.5 Å². The second-order valence-corrected chi connectivity index (χ2v) is 5.64. The molecule has 1 aliphatic rings. The van der Waals surface area contributed by atoms with Crippen LogP contribution in [0.1, 0.15) is 6.42 Å².